The third-order valence-electron chi connectivity index (χ3n) is 4.43. The molecule has 10 nitrogen and oxygen atoms in total. The van der Waals surface area contributed by atoms with E-state index in [0.717, 1.165) is 10.9 Å². The fourth-order valence-corrected chi connectivity index (χ4v) is 3.80. The second-order valence-corrected chi connectivity index (χ2v) is 9.20. The second-order valence-electron chi connectivity index (χ2n) is 6.88. The highest BCUT2D eigenvalue weighted by Gasteiger charge is 2.41. The summed E-state index contributed by atoms with van der Waals surface area (Å²) in [5, 5.41) is 6.70. The Kier molecular flexibility index (Phi) is 9.43. The number of likely N-dealkylation sites (tertiary alicyclic amines) is 1. The summed E-state index contributed by atoms with van der Waals surface area (Å²) in [6.07, 6.45) is -3.51. The van der Waals surface area contributed by atoms with Gasteiger partial charge in [-0.15, -0.1) is 5.10 Å². The smallest absolute Gasteiger partial charge is 0.378 e. The molecular formula is C16H28F3N5O5S. The molecule has 1 aromatic rings. The normalized spacial score (nSPS) is 16.2. The summed E-state index contributed by atoms with van der Waals surface area (Å²) >= 11 is 0. The fourth-order valence-electron chi connectivity index (χ4n) is 2.83. The van der Waals surface area contributed by atoms with Crippen molar-refractivity contribution in [2.24, 2.45) is 5.73 Å². The number of aromatic nitrogens is 3. The Bertz CT molecular complexity index is 753. The van der Waals surface area contributed by atoms with Gasteiger partial charge in [-0.05, 0) is 0 Å². The first kappa shape index (κ1) is 24.9. The minimum atomic E-state index is -4.63. The molecule has 0 atom stereocenters. The molecule has 14 heteroatoms. The van der Waals surface area contributed by atoms with Crippen molar-refractivity contribution in [1.82, 2.24) is 19.9 Å². The van der Waals surface area contributed by atoms with Crippen molar-refractivity contribution in [2.75, 3.05) is 65.5 Å². The molecule has 174 valence electrons. The summed E-state index contributed by atoms with van der Waals surface area (Å²) in [5.41, 5.74) is 4.10. The van der Waals surface area contributed by atoms with E-state index in [1.165, 1.54) is 0 Å². The lowest BCUT2D eigenvalue weighted by Crippen LogP contribution is -2.53. The highest BCUT2D eigenvalue weighted by molar-refractivity contribution is 7.91. The Morgan fingerprint density at radius 2 is 1.63 bits per heavy atom. The first-order valence-corrected chi connectivity index (χ1v) is 11.4. The summed E-state index contributed by atoms with van der Waals surface area (Å²) in [6.45, 7) is 2.35. The van der Waals surface area contributed by atoms with Crippen molar-refractivity contribution in [3.63, 3.8) is 0 Å². The Morgan fingerprint density at radius 3 is 2.17 bits per heavy atom. The average Bonchev–Trinajstić information content (AvgIpc) is 3.01. The van der Waals surface area contributed by atoms with Gasteiger partial charge in [-0.25, -0.2) is 13.1 Å². The van der Waals surface area contributed by atoms with Crippen molar-refractivity contribution in [1.29, 1.82) is 0 Å². The quantitative estimate of drug-likeness (QED) is 0.368. The predicted molar refractivity (Wildman–Crippen MR) is 100 cm³/mol. The summed E-state index contributed by atoms with van der Waals surface area (Å²) < 4.78 is 79.8. The van der Waals surface area contributed by atoms with Crippen LogP contribution in [0.5, 0.6) is 0 Å². The molecule has 2 rings (SSSR count). The van der Waals surface area contributed by atoms with Gasteiger partial charge in [0.25, 0.3) is 0 Å². The topological polar surface area (TPSA) is 122 Å². The average molecular weight is 459 g/mol. The van der Waals surface area contributed by atoms with Crippen molar-refractivity contribution >= 4 is 9.84 Å². The van der Waals surface area contributed by atoms with Gasteiger partial charge in [0.15, 0.2) is 15.5 Å². The van der Waals surface area contributed by atoms with E-state index in [1.54, 1.807) is 4.90 Å². The Balaban J connectivity index is 1.76. The van der Waals surface area contributed by atoms with E-state index in [2.05, 4.69) is 10.3 Å². The molecule has 0 bridgehead atoms. The largest absolute Gasteiger partial charge is 0.434 e. The second kappa shape index (κ2) is 11.3. The van der Waals surface area contributed by atoms with Gasteiger partial charge in [0.1, 0.15) is 5.69 Å². The van der Waals surface area contributed by atoms with Crippen LogP contribution in [0.2, 0.25) is 0 Å². The van der Waals surface area contributed by atoms with Crippen LogP contribution in [0, 0.1) is 0 Å². The Hall–Kier alpha value is -1.32. The lowest BCUT2D eigenvalue weighted by Gasteiger charge is -2.37. The molecule has 2 heterocycles. The maximum absolute atomic E-state index is 13.5. The van der Waals surface area contributed by atoms with E-state index in [1.807, 2.05) is 0 Å². The molecule has 2 N–H and O–H groups in total. The molecule has 0 radical (unpaired) electrons. The van der Waals surface area contributed by atoms with E-state index in [0.29, 0.717) is 26.4 Å². The molecular weight excluding hydrogens is 431 g/mol. The zero-order valence-electron chi connectivity index (χ0n) is 16.8. The Labute approximate surface area is 173 Å². The summed E-state index contributed by atoms with van der Waals surface area (Å²) in [6, 6.07) is 0. The van der Waals surface area contributed by atoms with Crippen LogP contribution in [-0.2, 0) is 43.3 Å². The van der Waals surface area contributed by atoms with Crippen LogP contribution in [0.25, 0.3) is 0 Å². The number of nitrogens with two attached hydrogens (primary N) is 1. The minimum Gasteiger partial charge on any atom is -0.378 e. The van der Waals surface area contributed by atoms with Gasteiger partial charge < -0.3 is 19.9 Å². The van der Waals surface area contributed by atoms with Crippen LogP contribution < -0.4 is 5.73 Å². The van der Waals surface area contributed by atoms with Crippen molar-refractivity contribution < 1.29 is 35.8 Å². The molecule has 0 unspecified atom stereocenters. The van der Waals surface area contributed by atoms with Crippen LogP contribution in [0.1, 0.15) is 11.4 Å². The van der Waals surface area contributed by atoms with E-state index in [-0.39, 0.29) is 51.7 Å². The van der Waals surface area contributed by atoms with Crippen LogP contribution >= 0.6 is 0 Å². The number of halogens is 3. The number of sulfone groups is 1. The monoisotopic (exact) mass is 459 g/mol. The summed E-state index contributed by atoms with van der Waals surface area (Å²) in [7, 11) is -3.20. The molecule has 1 saturated heterocycles. The maximum Gasteiger partial charge on any atom is 0.434 e. The van der Waals surface area contributed by atoms with E-state index in [4.69, 9.17) is 19.9 Å². The fraction of sp³-hybridized carbons (Fsp3) is 0.875. The van der Waals surface area contributed by atoms with Crippen LogP contribution in [0.3, 0.4) is 0 Å². The molecule has 0 saturated carbocycles. The molecule has 30 heavy (non-hydrogen) atoms. The van der Waals surface area contributed by atoms with Crippen LogP contribution in [-0.4, -0.2) is 99.1 Å². The number of rotatable bonds is 14. The summed E-state index contributed by atoms with van der Waals surface area (Å²) in [4.78, 5) is 1.60. The number of hydrogen-bond acceptors (Lipinski definition) is 9. The van der Waals surface area contributed by atoms with Crippen molar-refractivity contribution in [3.05, 3.63) is 11.4 Å². The summed E-state index contributed by atoms with van der Waals surface area (Å²) in [5.74, 6) is 0. The highest BCUT2D eigenvalue weighted by atomic mass is 32.2. The van der Waals surface area contributed by atoms with Gasteiger partial charge in [-0.1, -0.05) is 5.21 Å². The standard InChI is InChI=1S/C16H28F3N5O5S/c1-30(25,26)13-10-23(11-13)12-14-15(16(17,18)19)24(22-21-14)3-5-28-7-9-29-8-6-27-4-2-20/h13H,2-12,20H2,1H3. The number of hydrogen-bond donors (Lipinski definition) is 1. The molecule has 1 aromatic heterocycles. The van der Waals surface area contributed by atoms with Crippen LogP contribution in [0.4, 0.5) is 13.2 Å². The van der Waals surface area contributed by atoms with Gasteiger partial charge in [-0.3, -0.25) is 4.90 Å². The zero-order valence-corrected chi connectivity index (χ0v) is 17.6. The maximum atomic E-state index is 13.5. The third-order valence-corrected chi connectivity index (χ3v) is 5.94. The van der Waals surface area contributed by atoms with E-state index >= 15 is 0 Å². The number of nitrogens with zero attached hydrogens (tertiary/aromatic N) is 4. The molecule has 1 aliphatic heterocycles. The number of alkyl halides is 3. The van der Waals surface area contributed by atoms with E-state index in [9.17, 15) is 21.6 Å². The van der Waals surface area contributed by atoms with Gasteiger partial charge >= 0.3 is 6.18 Å². The van der Waals surface area contributed by atoms with Gasteiger partial charge in [0.05, 0.1) is 51.4 Å². The highest BCUT2D eigenvalue weighted by Crippen LogP contribution is 2.32. The first-order chi connectivity index (χ1) is 14.1. The van der Waals surface area contributed by atoms with Crippen LogP contribution in [0.15, 0.2) is 0 Å². The third kappa shape index (κ3) is 7.74. The minimum absolute atomic E-state index is 0.0127. The molecule has 0 amide bonds. The molecule has 1 fully saturated rings. The molecule has 0 spiro atoms. The van der Waals surface area contributed by atoms with Gasteiger partial charge in [0.2, 0.25) is 0 Å². The lowest BCUT2D eigenvalue weighted by molar-refractivity contribution is -0.145. The van der Waals surface area contributed by atoms with Crippen molar-refractivity contribution in [3.8, 4) is 0 Å². The lowest BCUT2D eigenvalue weighted by atomic mass is 10.2. The number of ether oxygens (including phenoxy) is 3. The molecule has 0 aromatic carbocycles. The molecule has 0 aliphatic carbocycles. The zero-order chi connectivity index (χ0) is 22.2. The first-order valence-electron chi connectivity index (χ1n) is 9.47. The van der Waals surface area contributed by atoms with Crippen molar-refractivity contribution in [2.45, 2.75) is 24.5 Å². The SMILES string of the molecule is CS(=O)(=O)C1CN(Cc2nnn(CCOCCOCCOCCN)c2C(F)(F)F)C1. The van der Waals surface area contributed by atoms with Gasteiger partial charge in [-0.2, -0.15) is 13.2 Å². The van der Waals surface area contributed by atoms with Gasteiger partial charge in [0, 0.05) is 32.4 Å². The molecule has 1 aliphatic rings. The van der Waals surface area contributed by atoms with E-state index < -0.39 is 27.0 Å². The predicted octanol–water partition coefficient (Wildman–Crippen LogP) is -0.466. The Morgan fingerprint density at radius 1 is 1.07 bits per heavy atom.